The Morgan fingerprint density at radius 3 is 2.51 bits per heavy atom. The fourth-order valence-corrected chi connectivity index (χ4v) is 4.75. The van der Waals surface area contributed by atoms with Gasteiger partial charge in [-0.25, -0.2) is 0 Å². The minimum absolute atomic E-state index is 0.0285. The molecule has 0 saturated heterocycles. The number of ether oxygens (including phenoxy) is 2. The highest BCUT2D eigenvalue weighted by molar-refractivity contribution is 5.87. The number of nitrogens with zero attached hydrogens (tertiary/aromatic N) is 4. The van der Waals surface area contributed by atoms with Crippen LogP contribution in [0, 0.1) is 11.3 Å². The van der Waals surface area contributed by atoms with Crippen LogP contribution in [-0.4, -0.2) is 41.1 Å². The van der Waals surface area contributed by atoms with Gasteiger partial charge >= 0.3 is 0 Å². The molecular formula is C30H32N4O3. The van der Waals surface area contributed by atoms with E-state index in [0.717, 1.165) is 34.1 Å². The lowest BCUT2D eigenvalue weighted by molar-refractivity contribution is -0.132. The lowest BCUT2D eigenvalue weighted by Gasteiger charge is -2.25. The minimum atomic E-state index is -0.243. The summed E-state index contributed by atoms with van der Waals surface area (Å²) in [6.45, 7) is 3.69. The van der Waals surface area contributed by atoms with Gasteiger partial charge in [0.05, 0.1) is 26.7 Å². The quantitative estimate of drug-likeness (QED) is 0.272. The number of aromatic nitrogens is 2. The SMILES string of the molecule is CCn1cc(C(CC(=O)N(CCC#N)Cc2cccnc2)c2cc(OC)cc(OC)c2)c2ccccc21. The summed E-state index contributed by atoms with van der Waals surface area (Å²) in [7, 11) is 3.25. The van der Waals surface area contributed by atoms with Crippen LogP contribution >= 0.6 is 0 Å². The van der Waals surface area contributed by atoms with Gasteiger partial charge in [-0.2, -0.15) is 5.26 Å². The van der Waals surface area contributed by atoms with Crippen molar-refractivity contribution in [2.75, 3.05) is 20.8 Å². The van der Waals surface area contributed by atoms with E-state index in [1.54, 1.807) is 31.5 Å². The number of rotatable bonds is 11. The standard InChI is InChI=1S/C30H32N4O3/c1-4-33-21-28(26-10-5-6-11-29(26)33)27(23-15-24(36-2)17-25(16-23)37-3)18-30(35)34(14-8-12-31)20-22-9-7-13-32-19-22/h5-7,9-11,13,15-17,19,21,27H,4,8,14,18,20H2,1-3H3. The highest BCUT2D eigenvalue weighted by atomic mass is 16.5. The van der Waals surface area contributed by atoms with Crippen LogP contribution in [0.4, 0.5) is 0 Å². The summed E-state index contributed by atoms with van der Waals surface area (Å²) in [6.07, 6.45) is 6.11. The molecule has 0 bridgehead atoms. The number of hydrogen-bond acceptors (Lipinski definition) is 5. The fraction of sp³-hybridized carbons (Fsp3) is 0.300. The summed E-state index contributed by atoms with van der Waals surface area (Å²) in [5.41, 5.74) is 4.06. The Balaban J connectivity index is 1.78. The lowest BCUT2D eigenvalue weighted by atomic mass is 9.87. The Kier molecular flexibility index (Phi) is 8.42. The second kappa shape index (κ2) is 12.1. The maximum atomic E-state index is 13.9. The van der Waals surface area contributed by atoms with Crippen molar-refractivity contribution in [2.45, 2.75) is 38.8 Å². The maximum Gasteiger partial charge on any atom is 0.223 e. The lowest BCUT2D eigenvalue weighted by Crippen LogP contribution is -2.32. The molecule has 0 spiro atoms. The molecule has 4 aromatic rings. The minimum Gasteiger partial charge on any atom is -0.497 e. The fourth-order valence-electron chi connectivity index (χ4n) is 4.75. The molecule has 4 rings (SSSR count). The molecule has 0 radical (unpaired) electrons. The molecule has 1 amide bonds. The van der Waals surface area contributed by atoms with Crippen molar-refractivity contribution in [3.63, 3.8) is 0 Å². The summed E-state index contributed by atoms with van der Waals surface area (Å²) in [6, 6.07) is 20.0. The Morgan fingerprint density at radius 1 is 1.11 bits per heavy atom. The van der Waals surface area contributed by atoms with Gasteiger partial charge < -0.3 is 18.9 Å². The van der Waals surface area contributed by atoms with Crippen LogP contribution in [0.15, 0.2) is 73.2 Å². The number of aryl methyl sites for hydroxylation is 1. The number of nitriles is 1. The highest BCUT2D eigenvalue weighted by Crippen LogP contribution is 2.38. The second-order valence-electron chi connectivity index (χ2n) is 8.87. The van der Waals surface area contributed by atoms with Gasteiger partial charge in [-0.1, -0.05) is 24.3 Å². The molecule has 1 atom stereocenters. The normalized spacial score (nSPS) is 11.6. The number of hydrogen-bond donors (Lipinski definition) is 0. The molecule has 1 unspecified atom stereocenters. The van der Waals surface area contributed by atoms with Gasteiger partial charge in [-0.15, -0.1) is 0 Å². The van der Waals surface area contributed by atoms with Gasteiger partial charge in [-0.3, -0.25) is 9.78 Å². The van der Waals surface area contributed by atoms with Crippen molar-refractivity contribution in [3.8, 4) is 17.6 Å². The van der Waals surface area contributed by atoms with E-state index in [4.69, 9.17) is 9.47 Å². The Hall–Kier alpha value is -4.31. The highest BCUT2D eigenvalue weighted by Gasteiger charge is 2.26. The van der Waals surface area contributed by atoms with Crippen molar-refractivity contribution < 1.29 is 14.3 Å². The molecule has 37 heavy (non-hydrogen) atoms. The van der Waals surface area contributed by atoms with Crippen LogP contribution in [-0.2, 0) is 17.9 Å². The van der Waals surface area contributed by atoms with E-state index >= 15 is 0 Å². The number of pyridine rings is 1. The van der Waals surface area contributed by atoms with Crippen molar-refractivity contribution in [1.82, 2.24) is 14.5 Å². The first-order valence-corrected chi connectivity index (χ1v) is 12.4. The van der Waals surface area contributed by atoms with E-state index in [-0.39, 0.29) is 24.7 Å². The van der Waals surface area contributed by atoms with E-state index in [1.807, 2.05) is 42.5 Å². The van der Waals surface area contributed by atoms with E-state index in [0.29, 0.717) is 24.6 Å². The maximum absolute atomic E-state index is 13.9. The topological polar surface area (TPSA) is 80.4 Å². The zero-order valence-electron chi connectivity index (χ0n) is 21.6. The average Bonchev–Trinajstić information content (AvgIpc) is 3.32. The van der Waals surface area contributed by atoms with E-state index in [9.17, 15) is 10.1 Å². The molecule has 2 aromatic heterocycles. The molecule has 0 N–H and O–H groups in total. The smallest absolute Gasteiger partial charge is 0.223 e. The first-order valence-electron chi connectivity index (χ1n) is 12.4. The number of fused-ring (bicyclic) bond motifs is 1. The van der Waals surface area contributed by atoms with E-state index < -0.39 is 0 Å². The summed E-state index contributed by atoms with van der Waals surface area (Å²) in [5.74, 6) is 1.07. The van der Waals surface area contributed by atoms with Crippen molar-refractivity contribution in [1.29, 1.82) is 5.26 Å². The van der Waals surface area contributed by atoms with Crippen LogP contribution in [0.1, 0.15) is 42.4 Å². The molecule has 0 saturated carbocycles. The van der Waals surface area contributed by atoms with Crippen LogP contribution in [0.2, 0.25) is 0 Å². The van der Waals surface area contributed by atoms with Crippen molar-refractivity contribution in [2.24, 2.45) is 0 Å². The van der Waals surface area contributed by atoms with Gasteiger partial charge in [-0.05, 0) is 47.9 Å². The molecule has 0 aliphatic heterocycles. The van der Waals surface area contributed by atoms with Crippen LogP contribution < -0.4 is 9.47 Å². The monoisotopic (exact) mass is 496 g/mol. The van der Waals surface area contributed by atoms with Crippen LogP contribution in [0.5, 0.6) is 11.5 Å². The average molecular weight is 497 g/mol. The second-order valence-corrected chi connectivity index (χ2v) is 8.87. The third-order valence-corrected chi connectivity index (χ3v) is 6.63. The number of methoxy groups -OCH3 is 2. The number of amides is 1. The zero-order valence-corrected chi connectivity index (χ0v) is 21.6. The summed E-state index contributed by atoms with van der Waals surface area (Å²) in [5, 5.41) is 10.3. The predicted molar refractivity (Wildman–Crippen MR) is 144 cm³/mol. The van der Waals surface area contributed by atoms with Gasteiger partial charge in [0.2, 0.25) is 5.91 Å². The molecule has 0 fully saturated rings. The Bertz CT molecular complexity index is 1370. The van der Waals surface area contributed by atoms with Gasteiger partial charge in [0.25, 0.3) is 0 Å². The zero-order chi connectivity index (χ0) is 26.2. The molecule has 7 nitrogen and oxygen atoms in total. The summed E-state index contributed by atoms with van der Waals surface area (Å²) < 4.78 is 13.3. The third kappa shape index (κ3) is 5.92. The largest absolute Gasteiger partial charge is 0.497 e. The van der Waals surface area contributed by atoms with Crippen molar-refractivity contribution >= 4 is 16.8 Å². The first kappa shape index (κ1) is 25.8. The number of carbonyl (C=O) groups is 1. The number of benzene rings is 2. The molecule has 2 heterocycles. The molecule has 0 aliphatic rings. The van der Waals surface area contributed by atoms with Gasteiger partial charge in [0.1, 0.15) is 11.5 Å². The van der Waals surface area contributed by atoms with Crippen LogP contribution in [0.25, 0.3) is 10.9 Å². The molecule has 190 valence electrons. The summed E-state index contributed by atoms with van der Waals surface area (Å²) in [4.78, 5) is 19.8. The van der Waals surface area contributed by atoms with Crippen molar-refractivity contribution in [3.05, 3.63) is 89.9 Å². The Morgan fingerprint density at radius 2 is 1.86 bits per heavy atom. The van der Waals surface area contributed by atoms with Gasteiger partial charge in [0.15, 0.2) is 0 Å². The van der Waals surface area contributed by atoms with E-state index in [1.165, 1.54) is 0 Å². The third-order valence-electron chi connectivity index (χ3n) is 6.63. The molecule has 2 aromatic carbocycles. The molecular weight excluding hydrogens is 464 g/mol. The Labute approximate surface area is 217 Å². The molecule has 7 heteroatoms. The van der Waals surface area contributed by atoms with Gasteiger partial charge in [0, 0.05) is 67.5 Å². The van der Waals surface area contributed by atoms with E-state index in [2.05, 4.69) is 40.9 Å². The predicted octanol–water partition coefficient (Wildman–Crippen LogP) is 5.54. The summed E-state index contributed by atoms with van der Waals surface area (Å²) >= 11 is 0. The van der Waals surface area contributed by atoms with Crippen LogP contribution in [0.3, 0.4) is 0 Å². The first-order chi connectivity index (χ1) is 18.1. The number of para-hydroxylation sites is 1. The molecule has 0 aliphatic carbocycles. The number of carbonyl (C=O) groups excluding carboxylic acids is 1.